The number of hydrogen-bond donors (Lipinski definition) is 2. The van der Waals surface area contributed by atoms with E-state index in [1.165, 1.54) is 0 Å². The van der Waals surface area contributed by atoms with Crippen LogP contribution >= 0.6 is 11.6 Å². The Labute approximate surface area is 93.8 Å². The minimum Gasteiger partial charge on any atom is -0.383 e. The molecule has 1 heterocycles. The Bertz CT molecular complexity index is 417. The number of rotatable bonds is 0. The van der Waals surface area contributed by atoms with Crippen molar-refractivity contribution in [1.29, 1.82) is 0 Å². The van der Waals surface area contributed by atoms with Crippen LogP contribution in [0.1, 0.15) is 12.5 Å². The van der Waals surface area contributed by atoms with Gasteiger partial charge in [0.1, 0.15) is 0 Å². The summed E-state index contributed by atoms with van der Waals surface area (Å²) in [7, 11) is 0. The van der Waals surface area contributed by atoms with Crippen molar-refractivity contribution in [3.05, 3.63) is 22.7 Å². The molecular formula is C11H13ClN2O. The maximum Gasteiger partial charge on any atom is 0.229 e. The second-order valence-electron chi connectivity index (χ2n) is 3.92. The second kappa shape index (κ2) is 3.74. The monoisotopic (exact) mass is 224 g/mol. The van der Waals surface area contributed by atoms with Crippen LogP contribution in [0.3, 0.4) is 0 Å². The lowest BCUT2D eigenvalue weighted by atomic mass is 10.1. The fourth-order valence-electron chi connectivity index (χ4n) is 1.65. The van der Waals surface area contributed by atoms with E-state index in [4.69, 9.17) is 11.6 Å². The van der Waals surface area contributed by atoms with Crippen LogP contribution < -0.4 is 10.6 Å². The van der Waals surface area contributed by atoms with Crippen molar-refractivity contribution in [3.8, 4) is 0 Å². The average Bonchev–Trinajstić information content (AvgIpc) is 2.30. The van der Waals surface area contributed by atoms with Gasteiger partial charge in [-0.15, -0.1) is 0 Å². The normalized spacial score (nSPS) is 19.9. The predicted octanol–water partition coefficient (Wildman–Crippen LogP) is 2.65. The molecule has 0 fully saturated rings. The summed E-state index contributed by atoms with van der Waals surface area (Å²) < 4.78 is 0. The van der Waals surface area contributed by atoms with Gasteiger partial charge in [-0.25, -0.2) is 0 Å². The summed E-state index contributed by atoms with van der Waals surface area (Å²) in [5, 5.41) is 6.81. The lowest BCUT2D eigenvalue weighted by Gasteiger charge is -2.11. The number of fused-ring (bicyclic) bond motifs is 1. The number of aryl methyl sites for hydroxylation is 1. The van der Waals surface area contributed by atoms with Gasteiger partial charge in [-0.05, 0) is 24.6 Å². The van der Waals surface area contributed by atoms with E-state index in [2.05, 4.69) is 10.6 Å². The largest absolute Gasteiger partial charge is 0.383 e. The van der Waals surface area contributed by atoms with E-state index in [1.807, 2.05) is 26.0 Å². The molecule has 3 nitrogen and oxygen atoms in total. The molecule has 15 heavy (non-hydrogen) atoms. The number of carbonyl (C=O) groups excluding carboxylic acids is 1. The lowest BCUT2D eigenvalue weighted by molar-refractivity contribution is -0.118. The van der Waals surface area contributed by atoms with E-state index in [0.29, 0.717) is 11.6 Å². The first kappa shape index (κ1) is 10.3. The topological polar surface area (TPSA) is 41.1 Å². The number of anilines is 2. The Hall–Kier alpha value is -1.22. The predicted molar refractivity (Wildman–Crippen MR) is 62.5 cm³/mol. The number of halogens is 1. The highest BCUT2D eigenvalue weighted by molar-refractivity contribution is 6.31. The summed E-state index contributed by atoms with van der Waals surface area (Å²) in [6.45, 7) is 4.46. The molecule has 1 unspecified atom stereocenters. The number of nitrogens with one attached hydrogen (secondary N) is 2. The van der Waals surface area contributed by atoms with Crippen molar-refractivity contribution in [2.45, 2.75) is 13.8 Å². The van der Waals surface area contributed by atoms with Gasteiger partial charge in [0.05, 0.1) is 17.3 Å². The van der Waals surface area contributed by atoms with Gasteiger partial charge in [-0.3, -0.25) is 4.79 Å². The molecule has 1 aromatic carbocycles. The third kappa shape index (κ3) is 1.92. The Balaban J connectivity index is 2.47. The van der Waals surface area contributed by atoms with E-state index in [0.717, 1.165) is 16.9 Å². The first-order chi connectivity index (χ1) is 7.08. The fraction of sp³-hybridized carbons (Fsp3) is 0.364. The molecule has 0 radical (unpaired) electrons. The Kier molecular flexibility index (Phi) is 2.57. The Morgan fingerprint density at radius 1 is 1.47 bits per heavy atom. The van der Waals surface area contributed by atoms with Gasteiger partial charge in [-0.2, -0.15) is 0 Å². The van der Waals surface area contributed by atoms with Gasteiger partial charge in [0.15, 0.2) is 0 Å². The third-order valence-corrected chi connectivity index (χ3v) is 2.81. The zero-order chi connectivity index (χ0) is 11.0. The zero-order valence-electron chi connectivity index (χ0n) is 8.73. The van der Waals surface area contributed by atoms with Gasteiger partial charge >= 0.3 is 0 Å². The van der Waals surface area contributed by atoms with Gasteiger partial charge in [0.25, 0.3) is 0 Å². The summed E-state index contributed by atoms with van der Waals surface area (Å²) >= 11 is 5.96. The van der Waals surface area contributed by atoms with Gasteiger partial charge in [0, 0.05) is 11.6 Å². The molecule has 0 saturated carbocycles. The molecule has 0 aromatic heterocycles. The number of benzene rings is 1. The third-order valence-electron chi connectivity index (χ3n) is 2.59. The molecule has 0 bridgehead atoms. The highest BCUT2D eigenvalue weighted by atomic mass is 35.5. The van der Waals surface area contributed by atoms with Crippen molar-refractivity contribution >= 4 is 28.9 Å². The molecule has 1 aromatic rings. The zero-order valence-corrected chi connectivity index (χ0v) is 9.48. The molecule has 4 heteroatoms. The molecule has 80 valence electrons. The van der Waals surface area contributed by atoms with Crippen molar-refractivity contribution < 1.29 is 4.79 Å². The summed E-state index contributed by atoms with van der Waals surface area (Å²) in [6, 6.07) is 3.68. The molecule has 0 aliphatic carbocycles. The van der Waals surface area contributed by atoms with Crippen molar-refractivity contribution in [1.82, 2.24) is 0 Å². The van der Waals surface area contributed by atoms with E-state index < -0.39 is 0 Å². The Morgan fingerprint density at radius 2 is 2.20 bits per heavy atom. The van der Waals surface area contributed by atoms with Gasteiger partial charge in [0.2, 0.25) is 5.91 Å². The van der Waals surface area contributed by atoms with Crippen LogP contribution in [0.2, 0.25) is 5.02 Å². The number of amides is 1. The summed E-state index contributed by atoms with van der Waals surface area (Å²) in [5.74, 6) is 0.0160. The molecular weight excluding hydrogens is 212 g/mol. The van der Waals surface area contributed by atoms with E-state index in [-0.39, 0.29) is 11.8 Å². The minimum atomic E-state index is -0.0319. The van der Waals surface area contributed by atoms with Crippen LogP contribution in [0, 0.1) is 12.8 Å². The van der Waals surface area contributed by atoms with Crippen LogP contribution in [-0.4, -0.2) is 12.5 Å². The van der Waals surface area contributed by atoms with Gasteiger partial charge in [-0.1, -0.05) is 18.5 Å². The lowest BCUT2D eigenvalue weighted by Crippen LogP contribution is -2.22. The van der Waals surface area contributed by atoms with E-state index >= 15 is 0 Å². The average molecular weight is 225 g/mol. The highest BCUT2D eigenvalue weighted by Crippen LogP contribution is 2.32. The first-order valence-corrected chi connectivity index (χ1v) is 5.30. The van der Waals surface area contributed by atoms with Gasteiger partial charge < -0.3 is 10.6 Å². The van der Waals surface area contributed by atoms with Crippen LogP contribution in [-0.2, 0) is 4.79 Å². The maximum atomic E-state index is 11.6. The maximum absolute atomic E-state index is 11.6. The van der Waals surface area contributed by atoms with Crippen molar-refractivity contribution in [2.75, 3.05) is 17.2 Å². The summed E-state index contributed by atoms with van der Waals surface area (Å²) in [5.41, 5.74) is 2.72. The number of hydrogen-bond acceptors (Lipinski definition) is 2. The van der Waals surface area contributed by atoms with Crippen LogP contribution in [0.25, 0.3) is 0 Å². The second-order valence-corrected chi connectivity index (χ2v) is 4.35. The first-order valence-electron chi connectivity index (χ1n) is 4.93. The van der Waals surface area contributed by atoms with E-state index in [9.17, 15) is 4.79 Å². The molecule has 2 N–H and O–H groups in total. The van der Waals surface area contributed by atoms with Crippen LogP contribution in [0.15, 0.2) is 12.1 Å². The standard InChI is InChI=1S/C11H13ClN2O/c1-6-3-8(12)4-9-10(6)14-11(15)7(2)5-13-9/h3-4,7,13H,5H2,1-2H3,(H,14,15). The van der Waals surface area contributed by atoms with Crippen molar-refractivity contribution in [3.63, 3.8) is 0 Å². The van der Waals surface area contributed by atoms with Crippen LogP contribution in [0.4, 0.5) is 11.4 Å². The molecule has 2 rings (SSSR count). The molecule has 1 amide bonds. The van der Waals surface area contributed by atoms with Crippen LogP contribution in [0.5, 0.6) is 0 Å². The number of carbonyl (C=O) groups is 1. The molecule has 1 aliphatic heterocycles. The Morgan fingerprint density at radius 3 is 2.93 bits per heavy atom. The smallest absolute Gasteiger partial charge is 0.229 e. The molecule has 0 spiro atoms. The summed E-state index contributed by atoms with van der Waals surface area (Å²) in [4.78, 5) is 11.6. The molecule has 1 atom stereocenters. The fourth-order valence-corrected chi connectivity index (χ4v) is 1.92. The van der Waals surface area contributed by atoms with Crippen molar-refractivity contribution in [2.24, 2.45) is 5.92 Å². The quantitative estimate of drug-likeness (QED) is 0.712. The molecule has 1 aliphatic rings. The molecule has 0 saturated heterocycles. The minimum absolute atomic E-state index is 0.0319. The SMILES string of the molecule is Cc1cc(Cl)cc2c1NC(=O)C(C)CN2. The summed E-state index contributed by atoms with van der Waals surface area (Å²) in [6.07, 6.45) is 0. The highest BCUT2D eigenvalue weighted by Gasteiger charge is 2.20. The van der Waals surface area contributed by atoms with E-state index in [1.54, 1.807) is 0 Å².